The second-order valence-electron chi connectivity index (χ2n) is 4.30. The smallest absolute Gasteiger partial charge is 0.250 e. The number of carbonyl (C=O) groups is 1. The molecule has 2 rings (SSSR count). The van der Waals surface area contributed by atoms with Crippen molar-refractivity contribution in [3.63, 3.8) is 0 Å². The predicted octanol–water partition coefficient (Wildman–Crippen LogP) is 2.97. The first-order valence-corrected chi connectivity index (χ1v) is 6.93. The molecule has 0 unspecified atom stereocenters. The molecular weight excluding hydrogens is 256 g/mol. The molecule has 0 saturated heterocycles. The van der Waals surface area contributed by atoms with Crippen molar-refractivity contribution in [1.29, 1.82) is 0 Å². The zero-order valence-electron chi connectivity index (χ0n) is 10.7. The number of benzene rings is 2. The Labute approximate surface area is 117 Å². The van der Waals surface area contributed by atoms with Crippen LogP contribution in [0.1, 0.15) is 21.5 Å². The number of para-hydroxylation sites is 1. The fraction of sp³-hybridized carbons (Fsp3) is 0.133. The lowest BCUT2D eigenvalue weighted by Crippen LogP contribution is -2.13. The molecule has 2 aromatic carbocycles. The zero-order chi connectivity index (χ0) is 13.8. The fourth-order valence-corrected chi connectivity index (χ4v) is 2.89. The summed E-state index contributed by atoms with van der Waals surface area (Å²) in [5.74, 6) is 0.329. The Kier molecular flexibility index (Phi) is 4.12. The van der Waals surface area contributed by atoms with Crippen molar-refractivity contribution < 1.29 is 4.79 Å². The third-order valence-corrected chi connectivity index (χ3v) is 4.10. The van der Waals surface area contributed by atoms with Gasteiger partial charge in [-0.1, -0.05) is 30.3 Å². The largest absolute Gasteiger partial charge is 0.397 e. The molecule has 98 valence electrons. The number of primary amides is 1. The van der Waals surface area contributed by atoms with Gasteiger partial charge in [-0.25, -0.2) is 0 Å². The maximum atomic E-state index is 11.2. The van der Waals surface area contributed by atoms with Crippen molar-refractivity contribution in [3.8, 4) is 0 Å². The van der Waals surface area contributed by atoms with Crippen LogP contribution in [0.25, 0.3) is 0 Å². The van der Waals surface area contributed by atoms with E-state index in [-0.39, 0.29) is 0 Å². The maximum Gasteiger partial charge on any atom is 0.250 e. The van der Waals surface area contributed by atoms with Gasteiger partial charge in [0.15, 0.2) is 0 Å². The molecule has 1 amide bonds. The molecule has 19 heavy (non-hydrogen) atoms. The van der Waals surface area contributed by atoms with Crippen LogP contribution in [0.15, 0.2) is 47.4 Å². The van der Waals surface area contributed by atoms with E-state index in [1.54, 1.807) is 23.9 Å². The van der Waals surface area contributed by atoms with E-state index in [2.05, 4.69) is 19.1 Å². The predicted molar refractivity (Wildman–Crippen MR) is 80.1 cm³/mol. The number of rotatable bonds is 4. The highest BCUT2D eigenvalue weighted by atomic mass is 32.2. The van der Waals surface area contributed by atoms with Gasteiger partial charge >= 0.3 is 0 Å². The van der Waals surface area contributed by atoms with Crippen molar-refractivity contribution in [1.82, 2.24) is 0 Å². The molecular formula is C15H16N2OS. The van der Waals surface area contributed by atoms with Crippen molar-refractivity contribution in [3.05, 3.63) is 59.2 Å². The summed E-state index contributed by atoms with van der Waals surface area (Å²) >= 11 is 1.61. The molecule has 0 aromatic heterocycles. The van der Waals surface area contributed by atoms with Gasteiger partial charge in [0.2, 0.25) is 0 Å². The van der Waals surface area contributed by atoms with E-state index < -0.39 is 5.91 Å². The van der Waals surface area contributed by atoms with Crippen LogP contribution in [-0.4, -0.2) is 5.91 Å². The Bertz CT molecular complexity index is 611. The van der Waals surface area contributed by atoms with Gasteiger partial charge in [-0.2, -0.15) is 0 Å². The van der Waals surface area contributed by atoms with Gasteiger partial charge in [0.25, 0.3) is 5.91 Å². The minimum absolute atomic E-state index is 0.384. The SMILES string of the molecule is Cc1ccccc1CSc1cccc(C(N)=O)c1N. The van der Waals surface area contributed by atoms with E-state index in [0.717, 1.165) is 10.6 Å². The lowest BCUT2D eigenvalue weighted by atomic mass is 10.1. The first-order chi connectivity index (χ1) is 9.09. The van der Waals surface area contributed by atoms with Gasteiger partial charge in [0.1, 0.15) is 0 Å². The van der Waals surface area contributed by atoms with Gasteiger partial charge in [0.05, 0.1) is 11.3 Å². The second kappa shape index (κ2) is 5.80. The number of hydrogen-bond acceptors (Lipinski definition) is 3. The van der Waals surface area contributed by atoms with Gasteiger partial charge in [-0.15, -0.1) is 11.8 Å². The van der Waals surface area contributed by atoms with Crippen molar-refractivity contribution >= 4 is 23.4 Å². The number of carbonyl (C=O) groups excluding carboxylic acids is 1. The number of hydrogen-bond donors (Lipinski definition) is 2. The summed E-state index contributed by atoms with van der Waals surface area (Å²) in [6.07, 6.45) is 0. The molecule has 3 nitrogen and oxygen atoms in total. The molecule has 0 saturated carbocycles. The number of nitrogen functional groups attached to an aromatic ring is 1. The minimum Gasteiger partial charge on any atom is -0.397 e. The summed E-state index contributed by atoms with van der Waals surface area (Å²) in [7, 11) is 0. The van der Waals surface area contributed by atoms with Crippen LogP contribution in [0.3, 0.4) is 0 Å². The Morgan fingerprint density at radius 2 is 1.89 bits per heavy atom. The highest BCUT2D eigenvalue weighted by Gasteiger charge is 2.10. The number of thioether (sulfide) groups is 1. The van der Waals surface area contributed by atoms with Crippen molar-refractivity contribution in [2.75, 3.05) is 5.73 Å². The summed E-state index contributed by atoms with van der Waals surface area (Å²) in [5.41, 5.74) is 14.6. The lowest BCUT2D eigenvalue weighted by Gasteiger charge is -2.09. The third-order valence-electron chi connectivity index (χ3n) is 2.98. The van der Waals surface area contributed by atoms with Gasteiger partial charge < -0.3 is 11.5 Å². The molecule has 0 aliphatic heterocycles. The summed E-state index contributed by atoms with van der Waals surface area (Å²) in [5, 5.41) is 0. The first kappa shape index (κ1) is 13.5. The van der Waals surface area contributed by atoms with Crippen LogP contribution in [0.5, 0.6) is 0 Å². The second-order valence-corrected chi connectivity index (χ2v) is 5.31. The molecule has 4 heteroatoms. The summed E-state index contributed by atoms with van der Waals surface area (Å²) in [6, 6.07) is 13.6. The van der Waals surface area contributed by atoms with Gasteiger partial charge in [-0.05, 0) is 30.2 Å². The molecule has 0 spiro atoms. The molecule has 2 aromatic rings. The normalized spacial score (nSPS) is 10.4. The monoisotopic (exact) mass is 272 g/mol. The van der Waals surface area contributed by atoms with E-state index in [0.29, 0.717) is 11.3 Å². The fourth-order valence-electron chi connectivity index (χ4n) is 1.81. The summed E-state index contributed by atoms with van der Waals surface area (Å²) in [4.78, 5) is 12.1. The van der Waals surface area contributed by atoms with Crippen LogP contribution < -0.4 is 11.5 Å². The molecule has 0 atom stereocenters. The quantitative estimate of drug-likeness (QED) is 0.664. The van der Waals surface area contributed by atoms with Gasteiger partial charge in [0, 0.05) is 10.6 Å². The van der Waals surface area contributed by atoms with Crippen LogP contribution in [0, 0.1) is 6.92 Å². The highest BCUT2D eigenvalue weighted by molar-refractivity contribution is 7.98. The summed E-state index contributed by atoms with van der Waals surface area (Å²) in [6.45, 7) is 2.08. The van der Waals surface area contributed by atoms with E-state index in [4.69, 9.17) is 11.5 Å². The summed E-state index contributed by atoms with van der Waals surface area (Å²) < 4.78 is 0. The van der Waals surface area contributed by atoms with E-state index in [1.165, 1.54) is 11.1 Å². The Morgan fingerprint density at radius 1 is 1.16 bits per heavy atom. The van der Waals surface area contributed by atoms with E-state index in [1.807, 2.05) is 18.2 Å². The average molecular weight is 272 g/mol. The van der Waals surface area contributed by atoms with Crippen LogP contribution >= 0.6 is 11.8 Å². The van der Waals surface area contributed by atoms with Crippen molar-refractivity contribution in [2.24, 2.45) is 5.73 Å². The van der Waals surface area contributed by atoms with Crippen LogP contribution in [0.4, 0.5) is 5.69 Å². The molecule has 0 radical (unpaired) electrons. The van der Waals surface area contributed by atoms with E-state index >= 15 is 0 Å². The standard InChI is InChI=1S/C15H16N2OS/c1-10-5-2-3-6-11(10)9-19-13-8-4-7-12(14(13)16)15(17)18/h2-8H,9,16H2,1H3,(H2,17,18). The lowest BCUT2D eigenvalue weighted by molar-refractivity contribution is 0.100. The minimum atomic E-state index is -0.490. The molecule has 0 aliphatic rings. The van der Waals surface area contributed by atoms with E-state index in [9.17, 15) is 4.79 Å². The molecule has 4 N–H and O–H groups in total. The van der Waals surface area contributed by atoms with Crippen LogP contribution in [0.2, 0.25) is 0 Å². The molecule has 0 fully saturated rings. The average Bonchev–Trinajstić information content (AvgIpc) is 2.39. The zero-order valence-corrected chi connectivity index (χ0v) is 11.5. The highest BCUT2D eigenvalue weighted by Crippen LogP contribution is 2.30. The topological polar surface area (TPSA) is 69.1 Å². The molecule has 0 aliphatic carbocycles. The Hall–Kier alpha value is -1.94. The third kappa shape index (κ3) is 3.09. The number of nitrogens with two attached hydrogens (primary N) is 2. The molecule has 0 bridgehead atoms. The Morgan fingerprint density at radius 3 is 2.58 bits per heavy atom. The number of anilines is 1. The van der Waals surface area contributed by atoms with Crippen LogP contribution in [-0.2, 0) is 5.75 Å². The number of amides is 1. The first-order valence-electron chi connectivity index (χ1n) is 5.95. The number of aryl methyl sites for hydroxylation is 1. The molecule has 0 heterocycles. The Balaban J connectivity index is 2.19. The maximum absolute atomic E-state index is 11.2. The van der Waals surface area contributed by atoms with Crippen molar-refractivity contribution in [2.45, 2.75) is 17.6 Å². The van der Waals surface area contributed by atoms with Gasteiger partial charge in [-0.3, -0.25) is 4.79 Å².